The number of hydrogen-bond acceptors (Lipinski definition) is 2. The molecule has 1 aliphatic heterocycles. The largest absolute Gasteiger partial charge is 0.0924 e. The molecule has 0 fully saturated rings. The van der Waals surface area contributed by atoms with E-state index in [1.165, 1.54) is 11.1 Å². The van der Waals surface area contributed by atoms with Crippen molar-refractivity contribution in [3.05, 3.63) is 11.0 Å². The van der Waals surface area contributed by atoms with Gasteiger partial charge >= 0.3 is 0 Å². The Morgan fingerprint density at radius 3 is 2.36 bits per heavy atom. The van der Waals surface area contributed by atoms with Gasteiger partial charge in [0.1, 0.15) is 0 Å². The van der Waals surface area contributed by atoms with E-state index < -0.39 is 5.24 Å². The monoisotopic (exact) mass is 206 g/mol. The van der Waals surface area contributed by atoms with Gasteiger partial charge in [-0.1, -0.05) is 50.0 Å². The summed E-state index contributed by atoms with van der Waals surface area (Å²) in [5.74, 6) is 0. The molecule has 0 amide bonds. The minimum absolute atomic E-state index is 0.297. The molecular weight excluding hydrogens is 191 g/mol. The zero-order chi connectivity index (χ0) is 8.70. The van der Waals surface area contributed by atoms with Crippen molar-refractivity contribution >= 4 is 28.4 Å². The topological polar surface area (TPSA) is 0 Å². The molecule has 1 aliphatic rings. The molecule has 1 atom stereocenters. The van der Waals surface area contributed by atoms with Crippen LogP contribution in [0, 0.1) is 0 Å². The Kier molecular flexibility index (Phi) is 2.59. The molecule has 0 aromatic rings. The predicted molar refractivity (Wildman–Crippen MR) is 60.3 cm³/mol. The van der Waals surface area contributed by atoms with E-state index in [1.54, 1.807) is 0 Å². The van der Waals surface area contributed by atoms with Crippen molar-refractivity contribution < 1.29 is 0 Å². The van der Waals surface area contributed by atoms with Gasteiger partial charge in [-0.15, -0.1) is 0 Å². The number of hydrogen-bond donors (Lipinski definition) is 0. The molecule has 0 radical (unpaired) electrons. The van der Waals surface area contributed by atoms with Crippen LogP contribution >= 0.6 is 16.6 Å². The van der Waals surface area contributed by atoms with Gasteiger partial charge in [-0.2, -0.15) is 0 Å². The third-order valence-corrected chi connectivity index (χ3v) is 12.4. The highest BCUT2D eigenvalue weighted by Gasteiger charge is 2.38. The van der Waals surface area contributed by atoms with E-state index in [0.29, 0.717) is 5.16 Å². The molecule has 0 aliphatic carbocycles. The van der Waals surface area contributed by atoms with Gasteiger partial charge in [-0.3, -0.25) is 0 Å². The summed E-state index contributed by atoms with van der Waals surface area (Å²) in [6.45, 7) is 8.96. The zero-order valence-corrected chi connectivity index (χ0v) is 10.1. The number of allylic oxidation sites excluding steroid dienone is 2. The first-order valence-corrected chi connectivity index (χ1v) is 8.30. The SMILES string of the molecule is CCP1(=S)SC(C)=CC1(C)C. The fourth-order valence-electron chi connectivity index (χ4n) is 1.44. The van der Waals surface area contributed by atoms with Crippen LogP contribution in [0.3, 0.4) is 0 Å². The van der Waals surface area contributed by atoms with Crippen LogP contribution in [0.15, 0.2) is 11.0 Å². The summed E-state index contributed by atoms with van der Waals surface area (Å²) >= 11 is 7.67. The molecule has 11 heavy (non-hydrogen) atoms. The van der Waals surface area contributed by atoms with E-state index in [1.807, 2.05) is 11.4 Å². The van der Waals surface area contributed by atoms with Gasteiger partial charge in [0.05, 0.1) is 0 Å². The molecule has 0 N–H and O–H groups in total. The second-order valence-electron chi connectivity index (χ2n) is 3.49. The maximum atomic E-state index is 5.70. The number of rotatable bonds is 1. The van der Waals surface area contributed by atoms with Crippen LogP contribution in [0.1, 0.15) is 27.7 Å². The first-order chi connectivity index (χ1) is 4.91. The zero-order valence-electron chi connectivity index (χ0n) is 7.55. The highest BCUT2D eigenvalue weighted by Crippen LogP contribution is 2.74. The van der Waals surface area contributed by atoms with Crippen molar-refractivity contribution in [2.45, 2.75) is 32.9 Å². The highest BCUT2D eigenvalue weighted by atomic mass is 32.9. The molecule has 1 heterocycles. The molecule has 0 saturated heterocycles. The lowest BCUT2D eigenvalue weighted by Gasteiger charge is -2.28. The maximum Gasteiger partial charge on any atom is 0.0217 e. The van der Waals surface area contributed by atoms with E-state index >= 15 is 0 Å². The summed E-state index contributed by atoms with van der Waals surface area (Å²) in [4.78, 5) is 1.43. The molecule has 64 valence electrons. The van der Waals surface area contributed by atoms with E-state index in [4.69, 9.17) is 11.8 Å². The predicted octanol–water partition coefficient (Wildman–Crippen LogP) is 3.83. The Morgan fingerprint density at radius 2 is 2.18 bits per heavy atom. The molecule has 0 aromatic heterocycles. The van der Waals surface area contributed by atoms with Gasteiger partial charge in [0.25, 0.3) is 0 Å². The van der Waals surface area contributed by atoms with E-state index in [2.05, 4.69) is 33.8 Å². The van der Waals surface area contributed by atoms with Gasteiger partial charge in [0, 0.05) is 10.4 Å². The molecule has 0 bridgehead atoms. The quantitative estimate of drug-likeness (QED) is 0.598. The van der Waals surface area contributed by atoms with E-state index in [-0.39, 0.29) is 0 Å². The van der Waals surface area contributed by atoms with Crippen LogP contribution in [0.25, 0.3) is 0 Å². The molecule has 1 unspecified atom stereocenters. The standard InChI is InChI=1S/C8H15PS2/c1-5-9(10)8(3,4)6-7(2)11-9/h6H,5H2,1-4H3. The van der Waals surface area contributed by atoms with Gasteiger partial charge < -0.3 is 0 Å². The Labute approximate surface area is 78.6 Å². The van der Waals surface area contributed by atoms with E-state index in [9.17, 15) is 0 Å². The van der Waals surface area contributed by atoms with Gasteiger partial charge in [0.2, 0.25) is 0 Å². The third kappa shape index (κ3) is 1.59. The smallest absolute Gasteiger partial charge is 0.0217 e. The molecular formula is C8H15PS2. The van der Waals surface area contributed by atoms with Crippen LogP contribution in [-0.4, -0.2) is 11.3 Å². The fourth-order valence-corrected chi connectivity index (χ4v) is 7.94. The van der Waals surface area contributed by atoms with Gasteiger partial charge in [-0.25, -0.2) is 0 Å². The minimum atomic E-state index is -1.15. The molecule has 0 spiro atoms. The van der Waals surface area contributed by atoms with Crippen LogP contribution in [0.2, 0.25) is 0 Å². The van der Waals surface area contributed by atoms with Crippen molar-refractivity contribution in [2.75, 3.05) is 6.16 Å². The fraction of sp³-hybridized carbons (Fsp3) is 0.750. The van der Waals surface area contributed by atoms with Crippen LogP contribution in [0.5, 0.6) is 0 Å². The first kappa shape index (κ1) is 9.83. The maximum absolute atomic E-state index is 5.70. The molecule has 0 saturated carbocycles. The molecule has 0 aromatic carbocycles. The summed E-state index contributed by atoms with van der Waals surface area (Å²) in [5.41, 5.74) is 0. The van der Waals surface area contributed by atoms with E-state index in [0.717, 1.165) is 0 Å². The van der Waals surface area contributed by atoms with Crippen LogP contribution in [-0.2, 0) is 11.8 Å². The van der Waals surface area contributed by atoms with Crippen molar-refractivity contribution in [1.82, 2.24) is 0 Å². The summed E-state index contributed by atoms with van der Waals surface area (Å²) in [6.07, 6.45) is 3.52. The first-order valence-electron chi connectivity index (χ1n) is 3.89. The van der Waals surface area contributed by atoms with Gasteiger partial charge in [-0.05, 0) is 18.0 Å². The average Bonchev–Trinajstić information content (AvgIpc) is 2.03. The third-order valence-electron chi connectivity index (χ3n) is 2.14. The van der Waals surface area contributed by atoms with Crippen LogP contribution < -0.4 is 0 Å². The Bertz CT molecular complexity index is 240. The Balaban J connectivity index is 3.02. The summed E-state index contributed by atoms with van der Waals surface area (Å²) in [7, 11) is 0. The lowest BCUT2D eigenvalue weighted by Crippen LogP contribution is -2.12. The Hall–Kier alpha value is 0.740. The van der Waals surface area contributed by atoms with Crippen molar-refractivity contribution in [2.24, 2.45) is 0 Å². The normalized spacial score (nSPS) is 35.5. The molecule has 1 rings (SSSR count). The van der Waals surface area contributed by atoms with Crippen LogP contribution in [0.4, 0.5) is 0 Å². The second-order valence-corrected chi connectivity index (χ2v) is 12.4. The summed E-state index contributed by atoms with van der Waals surface area (Å²) in [5, 5.41) is -0.855. The van der Waals surface area contributed by atoms with Crippen molar-refractivity contribution in [3.63, 3.8) is 0 Å². The lowest BCUT2D eigenvalue weighted by molar-refractivity contribution is 0.884. The average molecular weight is 206 g/mol. The van der Waals surface area contributed by atoms with Crippen molar-refractivity contribution in [1.29, 1.82) is 0 Å². The second kappa shape index (κ2) is 2.90. The summed E-state index contributed by atoms with van der Waals surface area (Å²) < 4.78 is 0. The van der Waals surface area contributed by atoms with Crippen molar-refractivity contribution in [3.8, 4) is 0 Å². The summed E-state index contributed by atoms with van der Waals surface area (Å²) in [6, 6.07) is 0. The van der Waals surface area contributed by atoms with Gasteiger partial charge in [0.15, 0.2) is 0 Å². The molecule has 0 nitrogen and oxygen atoms in total. The minimum Gasteiger partial charge on any atom is -0.0924 e. The molecule has 3 heteroatoms. The Morgan fingerprint density at radius 1 is 1.64 bits per heavy atom. The highest BCUT2D eigenvalue weighted by molar-refractivity contribution is 8.73. The lowest BCUT2D eigenvalue weighted by atomic mass is 10.2.